The van der Waals surface area contributed by atoms with Crippen molar-refractivity contribution >= 4 is 64.6 Å². The highest BCUT2D eigenvalue weighted by molar-refractivity contribution is 7.98. The number of hydrogen-bond acceptors (Lipinski definition) is 13. The lowest BCUT2D eigenvalue weighted by atomic mass is 9.86. The van der Waals surface area contributed by atoms with Crippen molar-refractivity contribution in [2.24, 2.45) is 57.5 Å². The third-order valence-electron chi connectivity index (χ3n) is 11.4. The van der Waals surface area contributed by atoms with E-state index >= 15 is 0 Å². The van der Waals surface area contributed by atoms with E-state index in [1.165, 1.54) is 50.3 Å². The Hall–Kier alpha value is -5.83. The molecule has 2 aromatic rings. The summed E-state index contributed by atoms with van der Waals surface area (Å²) in [5.74, 6) is -9.54. The van der Waals surface area contributed by atoms with Crippen molar-refractivity contribution in [3.63, 3.8) is 0 Å². The summed E-state index contributed by atoms with van der Waals surface area (Å²) < 4.78 is 0. The van der Waals surface area contributed by atoms with Crippen LogP contribution in [-0.4, -0.2) is 116 Å². The first kappa shape index (κ1) is 55.3. The topological polar surface area (TPSA) is 358 Å². The minimum absolute atomic E-state index is 0.0442. The van der Waals surface area contributed by atoms with E-state index in [2.05, 4.69) is 30.9 Å². The Morgan fingerprint density at radius 2 is 1.35 bits per heavy atom. The van der Waals surface area contributed by atoms with Crippen molar-refractivity contribution in [2.45, 2.75) is 116 Å². The molecule has 0 saturated heterocycles. The summed E-state index contributed by atoms with van der Waals surface area (Å²) in [6, 6.07) is 2.25. The highest BCUT2D eigenvalue weighted by Crippen LogP contribution is 2.23. The standard InChI is InChI=1S/C44H68N10O10S/c1-6-24(2)39(37(59)20-30(17-31-22-49-23-51-31)42(63)52-33(40(46)61)13-15-65-5)54-43(64)29(16-27-9-11-32(56)12-10-27)19-36(58)34(21-38(45)60)53-41(62)28(8-7-14-50-44(47)48)18-35(57)25(3)26(4)55/h9-12,22-26,28-30,33-34,39,55-56H,6-8,13-21H2,1-5H3,(H2,45,60)(H2,46,61)(H,49,51)(H,52,63)(H,53,62)(H,54,64)(H4,47,48,50)/t24-,25-,26+,28+,29+,30+,33-,34-,39-/m0/s1. The SMILES string of the molecule is CC[C@H](C)[C@H](NC(=O)[C@@H](CC(=O)[C@H](CC(N)=O)NC(=O)[C@H](CCCN=C(N)N)CC(=O)[C@@H](C)[C@@H](C)O)Cc1ccc(O)cc1)C(=O)C[C@@H](Cc1cnc[nH]1)C(=O)N[C@@H](CCSC)C(N)=O. The van der Waals surface area contributed by atoms with Crippen LogP contribution in [0.5, 0.6) is 5.75 Å². The van der Waals surface area contributed by atoms with Crippen molar-refractivity contribution < 1.29 is 48.6 Å². The fourth-order valence-corrected chi connectivity index (χ4v) is 7.48. The van der Waals surface area contributed by atoms with Crippen LogP contribution >= 0.6 is 11.8 Å². The number of carbonyl (C=O) groups is 8. The van der Waals surface area contributed by atoms with Crippen LogP contribution in [0, 0.1) is 29.6 Å². The smallest absolute Gasteiger partial charge is 0.240 e. The van der Waals surface area contributed by atoms with Gasteiger partial charge in [-0.3, -0.25) is 43.3 Å². The second kappa shape index (κ2) is 28.2. The molecule has 5 amide bonds. The number of rotatable bonds is 32. The zero-order chi connectivity index (χ0) is 48.8. The Balaban J connectivity index is 2.48. The number of aromatic hydroxyl groups is 1. The van der Waals surface area contributed by atoms with Gasteiger partial charge in [-0.05, 0) is 68.2 Å². The molecule has 9 atom stereocenters. The van der Waals surface area contributed by atoms with Crippen molar-refractivity contribution in [3.05, 3.63) is 48.0 Å². The second-order valence-corrected chi connectivity index (χ2v) is 17.6. The fraction of sp³-hybridized carbons (Fsp3) is 0.591. The number of nitrogens with one attached hydrogen (secondary N) is 4. The lowest BCUT2D eigenvalue weighted by molar-refractivity contribution is -0.137. The lowest BCUT2D eigenvalue weighted by Gasteiger charge is -2.28. The maximum absolute atomic E-state index is 14.4. The molecule has 1 aromatic carbocycles. The minimum atomic E-state index is -1.52. The number of Topliss-reactive ketones (excluding diaryl/α,β-unsaturated/α-hetero) is 3. The van der Waals surface area contributed by atoms with Gasteiger partial charge < -0.3 is 54.1 Å². The van der Waals surface area contributed by atoms with Gasteiger partial charge in [0.05, 0.1) is 36.9 Å². The monoisotopic (exact) mass is 928 g/mol. The van der Waals surface area contributed by atoms with Gasteiger partial charge in [0.25, 0.3) is 0 Å². The van der Waals surface area contributed by atoms with Crippen molar-refractivity contribution in [1.29, 1.82) is 0 Å². The summed E-state index contributed by atoms with van der Waals surface area (Å²) in [7, 11) is 0. The molecule has 0 radical (unpaired) electrons. The number of ketones is 3. The molecule has 0 spiro atoms. The van der Waals surface area contributed by atoms with Gasteiger partial charge in [-0.1, -0.05) is 39.3 Å². The number of carbonyl (C=O) groups excluding carboxylic acids is 8. The van der Waals surface area contributed by atoms with Gasteiger partial charge in [0, 0.05) is 61.9 Å². The van der Waals surface area contributed by atoms with Crippen molar-refractivity contribution in [3.8, 4) is 5.75 Å². The number of primary amides is 2. The lowest BCUT2D eigenvalue weighted by Crippen LogP contribution is -2.51. The highest BCUT2D eigenvalue weighted by atomic mass is 32.2. The largest absolute Gasteiger partial charge is 0.508 e. The fourth-order valence-electron chi connectivity index (χ4n) is 7.01. The normalized spacial score (nSPS) is 15.4. The van der Waals surface area contributed by atoms with Gasteiger partial charge in [-0.15, -0.1) is 0 Å². The van der Waals surface area contributed by atoms with E-state index in [1.807, 2.05) is 13.2 Å². The number of nitrogens with zero attached hydrogens (tertiary/aromatic N) is 2. The molecule has 0 unspecified atom stereocenters. The van der Waals surface area contributed by atoms with Gasteiger partial charge in [0.2, 0.25) is 29.5 Å². The van der Waals surface area contributed by atoms with Crippen molar-refractivity contribution in [2.75, 3.05) is 18.6 Å². The number of aliphatic imine (C=N–C) groups is 1. The number of phenolic OH excluding ortho intramolecular Hbond substituents is 1. The first-order valence-electron chi connectivity index (χ1n) is 21.7. The molecule has 65 heavy (non-hydrogen) atoms. The number of thioether (sulfide) groups is 1. The van der Waals surface area contributed by atoms with Crippen LogP contribution in [0.3, 0.4) is 0 Å². The van der Waals surface area contributed by atoms with Crippen LogP contribution in [0.15, 0.2) is 41.8 Å². The number of H-pyrrole nitrogens is 1. The van der Waals surface area contributed by atoms with Crippen molar-refractivity contribution in [1.82, 2.24) is 25.9 Å². The maximum Gasteiger partial charge on any atom is 0.240 e. The number of imidazole rings is 1. The van der Waals surface area contributed by atoms with E-state index in [0.29, 0.717) is 23.4 Å². The number of aliphatic hydroxyl groups excluding tert-OH is 1. The molecular formula is C44H68N10O10S. The van der Waals surface area contributed by atoms with Crippen LogP contribution < -0.4 is 38.9 Å². The number of guanidine groups is 1. The molecular weight excluding hydrogens is 861 g/mol. The van der Waals surface area contributed by atoms with Crippen LogP contribution in [0.2, 0.25) is 0 Å². The molecule has 2 rings (SSSR count). The maximum atomic E-state index is 14.4. The molecule has 0 aliphatic rings. The highest BCUT2D eigenvalue weighted by Gasteiger charge is 2.36. The summed E-state index contributed by atoms with van der Waals surface area (Å²) >= 11 is 1.47. The summed E-state index contributed by atoms with van der Waals surface area (Å²) in [4.78, 5) is 119. The van der Waals surface area contributed by atoms with E-state index in [-0.39, 0.29) is 63.2 Å². The number of aliphatic hydroxyl groups is 1. The number of amides is 5. The molecule has 20 nitrogen and oxygen atoms in total. The summed E-state index contributed by atoms with van der Waals surface area (Å²) in [5.41, 5.74) is 23.1. The summed E-state index contributed by atoms with van der Waals surface area (Å²) in [6.07, 6.45) is 2.96. The first-order chi connectivity index (χ1) is 30.7. The number of aromatic nitrogens is 2. The molecule has 1 heterocycles. The first-order valence-corrected chi connectivity index (χ1v) is 23.1. The Kier molecular flexibility index (Phi) is 24.0. The molecule has 0 aliphatic carbocycles. The number of hydrogen-bond donors (Lipinski definition) is 10. The summed E-state index contributed by atoms with van der Waals surface area (Å²) in [6.45, 7) is 6.66. The molecule has 360 valence electrons. The average Bonchev–Trinajstić information content (AvgIpc) is 3.77. The molecule has 0 aliphatic heterocycles. The van der Waals surface area contributed by atoms with E-state index < -0.39 is 114 Å². The van der Waals surface area contributed by atoms with Crippen LogP contribution in [0.4, 0.5) is 0 Å². The van der Waals surface area contributed by atoms with E-state index in [9.17, 15) is 48.6 Å². The molecule has 14 N–H and O–H groups in total. The number of benzene rings is 1. The predicted molar refractivity (Wildman–Crippen MR) is 245 cm³/mol. The van der Waals surface area contributed by atoms with Gasteiger partial charge in [-0.2, -0.15) is 11.8 Å². The third-order valence-corrected chi connectivity index (χ3v) is 12.0. The zero-order valence-corrected chi connectivity index (χ0v) is 38.7. The third kappa shape index (κ3) is 19.8. The Morgan fingerprint density at radius 3 is 1.91 bits per heavy atom. The van der Waals surface area contributed by atoms with Crippen LogP contribution in [0.25, 0.3) is 0 Å². The average molecular weight is 929 g/mol. The van der Waals surface area contributed by atoms with Gasteiger partial charge >= 0.3 is 0 Å². The van der Waals surface area contributed by atoms with E-state index in [0.717, 1.165) is 0 Å². The zero-order valence-electron chi connectivity index (χ0n) is 37.9. The number of nitrogens with two attached hydrogens (primary N) is 4. The number of aromatic amines is 1. The minimum Gasteiger partial charge on any atom is -0.508 e. The Morgan fingerprint density at radius 1 is 0.769 bits per heavy atom. The molecule has 0 saturated carbocycles. The van der Waals surface area contributed by atoms with Crippen LogP contribution in [0.1, 0.15) is 90.3 Å². The Bertz CT molecular complexity index is 1920. The van der Waals surface area contributed by atoms with Crippen LogP contribution in [-0.2, 0) is 51.2 Å². The molecule has 0 bridgehead atoms. The molecule has 21 heteroatoms. The molecule has 1 aromatic heterocycles. The summed E-state index contributed by atoms with van der Waals surface area (Å²) in [5, 5.41) is 28.1. The predicted octanol–water partition coefficient (Wildman–Crippen LogP) is 0.312. The van der Waals surface area contributed by atoms with E-state index in [4.69, 9.17) is 22.9 Å². The van der Waals surface area contributed by atoms with E-state index in [1.54, 1.807) is 19.1 Å². The second-order valence-electron chi connectivity index (χ2n) is 16.6. The van der Waals surface area contributed by atoms with Gasteiger partial charge in [-0.25, -0.2) is 4.98 Å². The molecule has 0 fully saturated rings. The quantitative estimate of drug-likeness (QED) is 0.0268. The van der Waals surface area contributed by atoms with Gasteiger partial charge in [0.1, 0.15) is 17.6 Å². The Labute approximate surface area is 384 Å². The number of phenols is 1. The van der Waals surface area contributed by atoms with Gasteiger partial charge in [0.15, 0.2) is 17.5 Å².